The zero-order valence-corrected chi connectivity index (χ0v) is 12.0. The minimum absolute atomic E-state index is 0.413. The summed E-state index contributed by atoms with van der Waals surface area (Å²) in [4.78, 5) is 8.87. The molecule has 0 atom stereocenters. The van der Waals surface area contributed by atoms with E-state index in [4.69, 9.17) is 10.3 Å². The van der Waals surface area contributed by atoms with Gasteiger partial charge < -0.3 is 10.3 Å². The first-order chi connectivity index (χ1) is 10.1. The fourth-order valence-electron chi connectivity index (χ4n) is 2.75. The summed E-state index contributed by atoms with van der Waals surface area (Å²) < 4.78 is 7.12. The molecule has 2 N–H and O–H groups in total. The lowest BCUT2D eigenvalue weighted by Crippen LogP contribution is -2.44. The first-order valence-corrected chi connectivity index (χ1v) is 7.00. The highest BCUT2D eigenvalue weighted by Crippen LogP contribution is 2.37. The number of hydrogen-bond donors (Lipinski definition) is 1. The average molecular weight is 284 g/mol. The van der Waals surface area contributed by atoms with Gasteiger partial charge in [-0.2, -0.15) is 10.1 Å². The Bertz CT molecular complexity index is 829. The predicted molar refractivity (Wildman–Crippen MR) is 76.3 cm³/mol. The third-order valence-corrected chi connectivity index (χ3v) is 4.23. The Kier molecular flexibility index (Phi) is 2.44. The predicted octanol–water partition coefficient (Wildman–Crippen LogP) is 1.66. The molecule has 3 heterocycles. The molecule has 0 radical (unpaired) electrons. The SMILES string of the molecule is Cc1nn(C)c2ncc(-c3nc(C4(N)CCC4)no3)cc12. The van der Waals surface area contributed by atoms with Gasteiger partial charge in [-0.15, -0.1) is 0 Å². The molecule has 4 rings (SSSR count). The number of aromatic nitrogens is 5. The minimum Gasteiger partial charge on any atom is -0.334 e. The normalized spacial score (nSPS) is 17.1. The molecule has 1 aliphatic rings. The Morgan fingerprint density at radius 3 is 2.90 bits per heavy atom. The van der Waals surface area contributed by atoms with Crippen molar-refractivity contribution in [2.45, 2.75) is 31.7 Å². The molecule has 1 fully saturated rings. The number of fused-ring (bicyclic) bond motifs is 1. The smallest absolute Gasteiger partial charge is 0.259 e. The van der Waals surface area contributed by atoms with Gasteiger partial charge in [-0.05, 0) is 32.3 Å². The largest absolute Gasteiger partial charge is 0.334 e. The highest BCUT2D eigenvalue weighted by Gasteiger charge is 2.39. The van der Waals surface area contributed by atoms with Crippen molar-refractivity contribution in [2.24, 2.45) is 12.8 Å². The summed E-state index contributed by atoms with van der Waals surface area (Å²) in [6.45, 7) is 1.95. The zero-order valence-electron chi connectivity index (χ0n) is 12.0. The molecule has 0 bridgehead atoms. The second-order valence-corrected chi connectivity index (χ2v) is 5.74. The summed E-state index contributed by atoms with van der Waals surface area (Å²) in [5, 5.41) is 9.38. The van der Waals surface area contributed by atoms with Crippen LogP contribution < -0.4 is 5.73 Å². The van der Waals surface area contributed by atoms with Gasteiger partial charge in [0.25, 0.3) is 5.89 Å². The molecule has 3 aromatic rings. The van der Waals surface area contributed by atoms with Gasteiger partial charge in [-0.3, -0.25) is 4.68 Å². The molecule has 0 amide bonds. The molecule has 3 aromatic heterocycles. The minimum atomic E-state index is -0.413. The summed E-state index contributed by atoms with van der Waals surface area (Å²) in [5.74, 6) is 1.05. The fourth-order valence-corrected chi connectivity index (χ4v) is 2.75. The average Bonchev–Trinajstić information content (AvgIpc) is 3.03. The van der Waals surface area contributed by atoms with Crippen molar-refractivity contribution in [2.75, 3.05) is 0 Å². The summed E-state index contributed by atoms with van der Waals surface area (Å²) in [7, 11) is 1.88. The van der Waals surface area contributed by atoms with Crippen molar-refractivity contribution in [3.8, 4) is 11.5 Å². The van der Waals surface area contributed by atoms with Crippen LogP contribution in [0.3, 0.4) is 0 Å². The van der Waals surface area contributed by atoms with E-state index in [1.165, 1.54) is 0 Å². The highest BCUT2D eigenvalue weighted by molar-refractivity contribution is 5.81. The third kappa shape index (κ3) is 1.77. The molecular formula is C14H16N6O. The Balaban J connectivity index is 1.78. The van der Waals surface area contributed by atoms with Crippen LogP contribution in [0, 0.1) is 6.92 Å². The summed E-state index contributed by atoms with van der Waals surface area (Å²) in [6, 6.07) is 1.98. The molecule has 0 spiro atoms. The standard InChI is InChI=1S/C14H16N6O/c1-8-10-6-9(7-16-11(10)20(2)18-8)12-17-13(19-21-12)14(15)4-3-5-14/h6-7H,3-5,15H2,1-2H3. The van der Waals surface area contributed by atoms with Crippen molar-refractivity contribution in [3.63, 3.8) is 0 Å². The molecule has 1 aliphatic carbocycles. The number of aryl methyl sites for hydroxylation is 2. The van der Waals surface area contributed by atoms with Crippen molar-refractivity contribution >= 4 is 11.0 Å². The molecule has 0 saturated heterocycles. The molecule has 0 unspecified atom stereocenters. The highest BCUT2D eigenvalue weighted by atomic mass is 16.5. The molecule has 7 heteroatoms. The second kappa shape index (κ2) is 4.11. The lowest BCUT2D eigenvalue weighted by Gasteiger charge is -2.34. The third-order valence-electron chi connectivity index (χ3n) is 4.23. The maximum atomic E-state index is 6.22. The van der Waals surface area contributed by atoms with Gasteiger partial charge in [0.2, 0.25) is 0 Å². The van der Waals surface area contributed by atoms with Gasteiger partial charge in [-0.1, -0.05) is 5.16 Å². The molecule has 0 aliphatic heterocycles. The van der Waals surface area contributed by atoms with Crippen LogP contribution in [0.5, 0.6) is 0 Å². The van der Waals surface area contributed by atoms with Crippen molar-refractivity contribution in [1.29, 1.82) is 0 Å². The Morgan fingerprint density at radius 1 is 1.38 bits per heavy atom. The summed E-state index contributed by atoms with van der Waals surface area (Å²) >= 11 is 0. The van der Waals surface area contributed by atoms with E-state index >= 15 is 0 Å². The van der Waals surface area contributed by atoms with E-state index in [0.29, 0.717) is 11.7 Å². The molecular weight excluding hydrogens is 268 g/mol. The fraction of sp³-hybridized carbons (Fsp3) is 0.429. The molecule has 7 nitrogen and oxygen atoms in total. The first-order valence-electron chi connectivity index (χ1n) is 7.00. The van der Waals surface area contributed by atoms with Gasteiger partial charge in [-0.25, -0.2) is 4.98 Å². The quantitative estimate of drug-likeness (QED) is 0.769. The Morgan fingerprint density at radius 2 is 2.19 bits per heavy atom. The molecule has 1 saturated carbocycles. The van der Waals surface area contributed by atoms with E-state index in [0.717, 1.165) is 41.6 Å². The molecule has 21 heavy (non-hydrogen) atoms. The van der Waals surface area contributed by atoms with Crippen molar-refractivity contribution < 1.29 is 4.52 Å². The lowest BCUT2D eigenvalue weighted by molar-refractivity contribution is 0.229. The van der Waals surface area contributed by atoms with Gasteiger partial charge in [0.05, 0.1) is 16.8 Å². The lowest BCUT2D eigenvalue weighted by atomic mass is 9.77. The van der Waals surface area contributed by atoms with Crippen LogP contribution in [0.1, 0.15) is 30.8 Å². The van der Waals surface area contributed by atoms with E-state index in [1.54, 1.807) is 10.9 Å². The maximum Gasteiger partial charge on any atom is 0.259 e. The first kappa shape index (κ1) is 12.5. The van der Waals surface area contributed by atoms with Gasteiger partial charge in [0, 0.05) is 18.6 Å². The van der Waals surface area contributed by atoms with Crippen molar-refractivity contribution in [1.82, 2.24) is 24.9 Å². The van der Waals surface area contributed by atoms with Crippen molar-refractivity contribution in [3.05, 3.63) is 23.8 Å². The maximum absolute atomic E-state index is 6.22. The van der Waals surface area contributed by atoms with Crippen LogP contribution in [-0.4, -0.2) is 24.9 Å². The summed E-state index contributed by atoms with van der Waals surface area (Å²) in [6.07, 6.45) is 4.66. The van der Waals surface area contributed by atoms with Gasteiger partial charge >= 0.3 is 0 Å². The van der Waals surface area contributed by atoms with Crippen LogP contribution >= 0.6 is 0 Å². The number of rotatable bonds is 2. The zero-order chi connectivity index (χ0) is 14.6. The van der Waals surface area contributed by atoms with Crippen LogP contribution in [0.25, 0.3) is 22.5 Å². The number of pyridine rings is 1. The molecule has 108 valence electrons. The van der Waals surface area contributed by atoms with Crippen LogP contribution in [-0.2, 0) is 12.6 Å². The van der Waals surface area contributed by atoms with E-state index < -0.39 is 5.54 Å². The van der Waals surface area contributed by atoms with E-state index in [9.17, 15) is 0 Å². The van der Waals surface area contributed by atoms with Crippen LogP contribution in [0.4, 0.5) is 0 Å². The van der Waals surface area contributed by atoms with E-state index in [-0.39, 0.29) is 0 Å². The number of hydrogen-bond acceptors (Lipinski definition) is 6. The Labute approximate surface area is 121 Å². The number of nitrogens with zero attached hydrogens (tertiary/aromatic N) is 5. The van der Waals surface area contributed by atoms with E-state index in [1.807, 2.05) is 20.0 Å². The topological polar surface area (TPSA) is 95.7 Å². The van der Waals surface area contributed by atoms with E-state index in [2.05, 4.69) is 20.2 Å². The van der Waals surface area contributed by atoms with Crippen LogP contribution in [0.15, 0.2) is 16.8 Å². The van der Waals surface area contributed by atoms with Gasteiger partial charge in [0.15, 0.2) is 11.5 Å². The van der Waals surface area contributed by atoms with Gasteiger partial charge in [0.1, 0.15) is 0 Å². The monoisotopic (exact) mass is 284 g/mol. The summed E-state index contributed by atoms with van der Waals surface area (Å²) in [5.41, 5.74) is 8.36. The Hall–Kier alpha value is -2.28. The molecule has 0 aromatic carbocycles. The second-order valence-electron chi connectivity index (χ2n) is 5.74. The number of nitrogens with two attached hydrogens (primary N) is 1. The van der Waals surface area contributed by atoms with Crippen LogP contribution in [0.2, 0.25) is 0 Å².